The van der Waals surface area contributed by atoms with Crippen molar-refractivity contribution >= 4 is 5.96 Å². The van der Waals surface area contributed by atoms with Gasteiger partial charge in [-0.05, 0) is 29.8 Å². The summed E-state index contributed by atoms with van der Waals surface area (Å²) in [5, 5.41) is 12.3. The molecule has 7 heteroatoms. The van der Waals surface area contributed by atoms with E-state index in [0.717, 1.165) is 5.56 Å². The molecule has 0 unspecified atom stereocenters. The van der Waals surface area contributed by atoms with Gasteiger partial charge in [-0.15, -0.1) is 0 Å². The Bertz CT molecular complexity index is 753. The van der Waals surface area contributed by atoms with E-state index in [4.69, 9.17) is 9.84 Å². The molecule has 0 fully saturated rings. The fourth-order valence-electron chi connectivity index (χ4n) is 2.39. The number of likely N-dealkylation sites (N-methyl/N-ethyl adjacent to an activating group) is 1. The molecular formula is C19H23F2N3O2. The molecule has 140 valence electrons. The highest BCUT2D eigenvalue weighted by Gasteiger charge is 2.08. The Kier molecular flexibility index (Phi) is 7.35. The molecule has 5 nitrogen and oxygen atoms in total. The highest BCUT2D eigenvalue weighted by atomic mass is 19.1. The summed E-state index contributed by atoms with van der Waals surface area (Å²) < 4.78 is 32.4. The lowest BCUT2D eigenvalue weighted by Gasteiger charge is -2.22. The second kappa shape index (κ2) is 9.72. The van der Waals surface area contributed by atoms with Gasteiger partial charge in [0, 0.05) is 26.2 Å². The molecule has 0 aliphatic rings. The molecule has 2 aromatic carbocycles. The first kappa shape index (κ1) is 19.7. The van der Waals surface area contributed by atoms with Crippen molar-refractivity contribution in [1.29, 1.82) is 0 Å². The Hall–Kier alpha value is -2.67. The minimum Gasteiger partial charge on any atom is -0.489 e. The molecule has 0 heterocycles. The third-order valence-electron chi connectivity index (χ3n) is 3.83. The minimum absolute atomic E-state index is 0.215. The maximum absolute atomic E-state index is 13.5. The van der Waals surface area contributed by atoms with E-state index in [1.165, 1.54) is 12.1 Å². The molecule has 0 spiro atoms. The number of guanidine groups is 1. The SMILES string of the molecule is CN=C(NCc1ccc(F)c(CO)c1)N(C)CCOc1ccccc1F. The monoisotopic (exact) mass is 363 g/mol. The summed E-state index contributed by atoms with van der Waals surface area (Å²) in [6.07, 6.45) is 0. The Morgan fingerprint density at radius 2 is 1.96 bits per heavy atom. The van der Waals surface area contributed by atoms with Crippen LogP contribution in [0.1, 0.15) is 11.1 Å². The van der Waals surface area contributed by atoms with Crippen molar-refractivity contribution in [1.82, 2.24) is 10.2 Å². The quantitative estimate of drug-likeness (QED) is 0.586. The van der Waals surface area contributed by atoms with Gasteiger partial charge in [-0.2, -0.15) is 0 Å². The van der Waals surface area contributed by atoms with Crippen molar-refractivity contribution in [3.05, 3.63) is 65.2 Å². The maximum Gasteiger partial charge on any atom is 0.193 e. The molecule has 2 aromatic rings. The minimum atomic E-state index is -0.428. The molecule has 26 heavy (non-hydrogen) atoms. The number of rotatable bonds is 7. The van der Waals surface area contributed by atoms with Gasteiger partial charge in [0.2, 0.25) is 0 Å². The lowest BCUT2D eigenvalue weighted by Crippen LogP contribution is -2.40. The van der Waals surface area contributed by atoms with Gasteiger partial charge in [0.15, 0.2) is 17.5 Å². The van der Waals surface area contributed by atoms with E-state index in [1.807, 2.05) is 11.9 Å². The van der Waals surface area contributed by atoms with Crippen LogP contribution in [0.3, 0.4) is 0 Å². The first-order valence-electron chi connectivity index (χ1n) is 8.22. The van der Waals surface area contributed by atoms with Crippen molar-refractivity contribution < 1.29 is 18.6 Å². The van der Waals surface area contributed by atoms with Gasteiger partial charge in [0.05, 0.1) is 13.2 Å². The molecule has 0 aliphatic heterocycles. The van der Waals surface area contributed by atoms with Crippen LogP contribution in [0.2, 0.25) is 0 Å². The normalized spacial score (nSPS) is 11.3. The van der Waals surface area contributed by atoms with Gasteiger partial charge in [-0.3, -0.25) is 4.99 Å². The number of benzene rings is 2. The molecule has 0 amide bonds. The summed E-state index contributed by atoms with van der Waals surface area (Å²) in [6, 6.07) is 10.8. The van der Waals surface area contributed by atoms with Crippen LogP contribution in [-0.4, -0.2) is 43.2 Å². The summed E-state index contributed by atoms with van der Waals surface area (Å²) in [7, 11) is 3.49. The maximum atomic E-state index is 13.5. The standard InChI is InChI=1S/C19H23F2N3O2/c1-22-19(23-12-14-7-8-16(20)15(11-14)13-25)24(2)9-10-26-18-6-4-3-5-17(18)21/h3-8,11,25H,9-10,12-13H2,1-2H3,(H,22,23). The number of aliphatic imine (C=N–C) groups is 1. The van der Waals surface area contributed by atoms with E-state index < -0.39 is 11.6 Å². The smallest absolute Gasteiger partial charge is 0.193 e. The fourth-order valence-corrected chi connectivity index (χ4v) is 2.39. The summed E-state index contributed by atoms with van der Waals surface area (Å²) in [5.41, 5.74) is 1.08. The lowest BCUT2D eigenvalue weighted by molar-refractivity contribution is 0.270. The van der Waals surface area contributed by atoms with Crippen LogP contribution >= 0.6 is 0 Å². The van der Waals surface area contributed by atoms with Gasteiger partial charge < -0.3 is 20.1 Å². The molecule has 0 aromatic heterocycles. The van der Waals surface area contributed by atoms with E-state index >= 15 is 0 Å². The van der Waals surface area contributed by atoms with Crippen molar-refractivity contribution in [2.75, 3.05) is 27.2 Å². The highest BCUT2D eigenvalue weighted by molar-refractivity contribution is 5.79. The van der Waals surface area contributed by atoms with E-state index in [9.17, 15) is 8.78 Å². The number of nitrogens with zero attached hydrogens (tertiary/aromatic N) is 2. The number of halogens is 2. The van der Waals surface area contributed by atoms with Crippen LogP contribution in [0.25, 0.3) is 0 Å². The van der Waals surface area contributed by atoms with Crippen LogP contribution in [0.5, 0.6) is 5.75 Å². The lowest BCUT2D eigenvalue weighted by atomic mass is 10.1. The van der Waals surface area contributed by atoms with Crippen molar-refractivity contribution in [3.8, 4) is 5.75 Å². The number of hydrogen-bond donors (Lipinski definition) is 2. The van der Waals surface area contributed by atoms with Crippen molar-refractivity contribution in [3.63, 3.8) is 0 Å². The first-order chi connectivity index (χ1) is 12.5. The van der Waals surface area contributed by atoms with Crippen molar-refractivity contribution in [2.24, 2.45) is 4.99 Å². The summed E-state index contributed by atoms with van der Waals surface area (Å²) in [4.78, 5) is 6.03. The van der Waals surface area contributed by atoms with Gasteiger partial charge in [0.1, 0.15) is 12.4 Å². The zero-order chi connectivity index (χ0) is 18.9. The number of aliphatic hydroxyl groups is 1. The van der Waals surface area contributed by atoms with E-state index in [2.05, 4.69) is 10.3 Å². The second-order valence-corrected chi connectivity index (χ2v) is 5.69. The molecule has 0 atom stereocenters. The van der Waals surface area contributed by atoms with Crippen LogP contribution in [-0.2, 0) is 13.2 Å². The van der Waals surface area contributed by atoms with E-state index in [0.29, 0.717) is 25.7 Å². The fraction of sp³-hybridized carbons (Fsp3) is 0.316. The zero-order valence-electron chi connectivity index (χ0n) is 14.9. The third kappa shape index (κ3) is 5.42. The Labute approximate surface area is 151 Å². The van der Waals surface area contributed by atoms with Gasteiger partial charge in [-0.25, -0.2) is 8.78 Å². The predicted octanol–water partition coefficient (Wildman–Crippen LogP) is 2.54. The zero-order valence-corrected chi connectivity index (χ0v) is 14.9. The molecular weight excluding hydrogens is 340 g/mol. The van der Waals surface area contributed by atoms with Crippen molar-refractivity contribution in [2.45, 2.75) is 13.2 Å². The van der Waals surface area contributed by atoms with E-state index in [-0.39, 0.29) is 17.9 Å². The Balaban J connectivity index is 1.85. The molecule has 0 saturated heterocycles. The van der Waals surface area contributed by atoms with Gasteiger partial charge in [-0.1, -0.05) is 18.2 Å². The summed E-state index contributed by atoms with van der Waals surface area (Å²) in [5.74, 6) is 0.0143. The van der Waals surface area contributed by atoms with Crippen LogP contribution in [0.4, 0.5) is 8.78 Å². The number of nitrogens with one attached hydrogen (secondary N) is 1. The second-order valence-electron chi connectivity index (χ2n) is 5.69. The Morgan fingerprint density at radius 3 is 2.65 bits per heavy atom. The molecule has 2 N–H and O–H groups in total. The van der Waals surface area contributed by atoms with Gasteiger partial charge >= 0.3 is 0 Å². The number of aliphatic hydroxyl groups excluding tert-OH is 1. The number of ether oxygens (including phenoxy) is 1. The predicted molar refractivity (Wildman–Crippen MR) is 97.0 cm³/mol. The molecule has 2 rings (SSSR count). The molecule has 0 aliphatic carbocycles. The first-order valence-corrected chi connectivity index (χ1v) is 8.22. The van der Waals surface area contributed by atoms with Gasteiger partial charge in [0.25, 0.3) is 0 Å². The highest BCUT2D eigenvalue weighted by Crippen LogP contribution is 2.15. The molecule has 0 saturated carbocycles. The molecule has 0 bridgehead atoms. The molecule has 0 radical (unpaired) electrons. The topological polar surface area (TPSA) is 57.1 Å². The average molecular weight is 363 g/mol. The van der Waals surface area contributed by atoms with E-state index in [1.54, 1.807) is 37.4 Å². The summed E-state index contributed by atoms with van der Waals surface area (Å²) >= 11 is 0. The van der Waals surface area contributed by atoms with Crippen LogP contribution in [0, 0.1) is 11.6 Å². The number of hydrogen-bond acceptors (Lipinski definition) is 3. The third-order valence-corrected chi connectivity index (χ3v) is 3.83. The summed E-state index contributed by atoms with van der Waals surface area (Å²) in [6.45, 7) is 0.878. The van der Waals surface area contributed by atoms with Crippen LogP contribution in [0.15, 0.2) is 47.5 Å². The van der Waals surface area contributed by atoms with Crippen LogP contribution < -0.4 is 10.1 Å². The largest absolute Gasteiger partial charge is 0.489 e. The Morgan fingerprint density at radius 1 is 1.19 bits per heavy atom. The number of para-hydroxylation sites is 1. The average Bonchev–Trinajstić information content (AvgIpc) is 2.65.